The second-order valence-electron chi connectivity index (χ2n) is 5.49. The van der Waals surface area contributed by atoms with Crippen LogP contribution in [0.2, 0.25) is 0 Å². The van der Waals surface area contributed by atoms with Gasteiger partial charge in [-0.2, -0.15) is 0 Å². The number of aliphatic hydroxyl groups excluding tert-OH is 1. The number of amides is 1. The van der Waals surface area contributed by atoms with E-state index in [0.29, 0.717) is 18.8 Å². The molecule has 1 aromatic heterocycles. The number of aromatic nitrogens is 2. The molecule has 1 saturated carbocycles. The Kier molecular flexibility index (Phi) is 4.42. The van der Waals surface area contributed by atoms with Crippen LogP contribution >= 0.6 is 0 Å². The highest BCUT2D eigenvalue weighted by atomic mass is 16.5. The van der Waals surface area contributed by atoms with Gasteiger partial charge in [-0.25, -0.2) is 9.97 Å². The molecule has 1 aliphatic heterocycles. The number of ether oxygens (including phenoxy) is 1. The predicted molar refractivity (Wildman–Crippen MR) is 74.7 cm³/mol. The highest BCUT2D eigenvalue weighted by Gasteiger charge is 2.39. The number of carbonyl (C=O) groups excluding carboxylic acids is 1. The topological polar surface area (TPSA) is 87.6 Å². The van der Waals surface area contributed by atoms with Crippen molar-refractivity contribution in [2.45, 2.75) is 31.0 Å². The van der Waals surface area contributed by atoms with Gasteiger partial charge in [0.05, 0.1) is 30.9 Å². The lowest BCUT2D eigenvalue weighted by molar-refractivity contribution is -0.0154. The lowest BCUT2D eigenvalue weighted by Gasteiger charge is -2.34. The Morgan fingerprint density at radius 2 is 2.00 bits per heavy atom. The van der Waals surface area contributed by atoms with Crippen LogP contribution in [0.1, 0.15) is 23.2 Å². The Morgan fingerprint density at radius 1 is 1.29 bits per heavy atom. The molecule has 0 bridgehead atoms. The average Bonchev–Trinajstić information content (AvgIpc) is 2.90. The van der Waals surface area contributed by atoms with Gasteiger partial charge in [-0.15, -0.1) is 0 Å². The van der Waals surface area contributed by atoms with E-state index in [0.717, 1.165) is 25.9 Å². The number of rotatable bonds is 3. The number of hydrogen-bond acceptors (Lipinski definition) is 6. The Morgan fingerprint density at radius 3 is 2.71 bits per heavy atom. The molecule has 0 unspecified atom stereocenters. The molecule has 21 heavy (non-hydrogen) atoms. The van der Waals surface area contributed by atoms with Crippen molar-refractivity contribution >= 4 is 5.91 Å². The fourth-order valence-electron chi connectivity index (χ4n) is 3.09. The Bertz CT molecular complexity index is 478. The molecule has 3 atom stereocenters. The van der Waals surface area contributed by atoms with Crippen molar-refractivity contribution in [1.29, 1.82) is 0 Å². The van der Waals surface area contributed by atoms with Crippen molar-refractivity contribution in [3.05, 3.63) is 24.3 Å². The molecular formula is C14H20N4O3. The van der Waals surface area contributed by atoms with E-state index in [4.69, 9.17) is 4.74 Å². The van der Waals surface area contributed by atoms with Crippen molar-refractivity contribution in [3.63, 3.8) is 0 Å². The number of carbonyl (C=O) groups is 1. The summed E-state index contributed by atoms with van der Waals surface area (Å²) in [6.45, 7) is 3.10. The summed E-state index contributed by atoms with van der Waals surface area (Å²) >= 11 is 0. The maximum atomic E-state index is 12.1. The SMILES string of the molecule is O=C(N[C@@H]1CC[C@@H](N2CCOCC2)[C@@H]1O)c1cncnc1. The van der Waals surface area contributed by atoms with Crippen molar-refractivity contribution < 1.29 is 14.6 Å². The molecule has 7 nitrogen and oxygen atoms in total. The largest absolute Gasteiger partial charge is 0.389 e. The summed E-state index contributed by atoms with van der Waals surface area (Å²) < 4.78 is 5.34. The minimum Gasteiger partial charge on any atom is -0.389 e. The van der Waals surface area contributed by atoms with Crippen molar-refractivity contribution in [2.24, 2.45) is 0 Å². The van der Waals surface area contributed by atoms with Gasteiger partial charge in [0.2, 0.25) is 0 Å². The van der Waals surface area contributed by atoms with Crippen LogP contribution in [0.4, 0.5) is 0 Å². The summed E-state index contributed by atoms with van der Waals surface area (Å²) in [4.78, 5) is 22.0. The molecule has 1 aromatic rings. The molecule has 114 valence electrons. The molecule has 1 aliphatic carbocycles. The summed E-state index contributed by atoms with van der Waals surface area (Å²) in [5.41, 5.74) is 0.416. The van der Waals surface area contributed by atoms with Crippen LogP contribution in [0.5, 0.6) is 0 Å². The van der Waals surface area contributed by atoms with Crippen LogP contribution in [0.15, 0.2) is 18.7 Å². The molecule has 2 heterocycles. The molecular weight excluding hydrogens is 272 g/mol. The van der Waals surface area contributed by atoms with Crippen LogP contribution in [-0.2, 0) is 4.74 Å². The second-order valence-corrected chi connectivity index (χ2v) is 5.49. The minimum atomic E-state index is -0.545. The van der Waals surface area contributed by atoms with Crippen molar-refractivity contribution in [1.82, 2.24) is 20.2 Å². The highest BCUT2D eigenvalue weighted by Crippen LogP contribution is 2.25. The number of nitrogens with one attached hydrogen (secondary N) is 1. The smallest absolute Gasteiger partial charge is 0.254 e. The van der Waals surface area contributed by atoms with E-state index in [1.807, 2.05) is 0 Å². The van der Waals surface area contributed by atoms with Gasteiger partial charge in [-0.3, -0.25) is 9.69 Å². The fraction of sp³-hybridized carbons (Fsp3) is 0.643. The van der Waals surface area contributed by atoms with Crippen LogP contribution in [0, 0.1) is 0 Å². The van der Waals surface area contributed by atoms with Gasteiger partial charge in [0.15, 0.2) is 0 Å². The third kappa shape index (κ3) is 3.20. The fourth-order valence-corrected chi connectivity index (χ4v) is 3.09. The van der Waals surface area contributed by atoms with Gasteiger partial charge in [-0.1, -0.05) is 0 Å². The van der Waals surface area contributed by atoms with Gasteiger partial charge in [0, 0.05) is 31.5 Å². The van der Waals surface area contributed by atoms with Crippen LogP contribution in [0.25, 0.3) is 0 Å². The van der Waals surface area contributed by atoms with E-state index in [9.17, 15) is 9.90 Å². The lowest BCUT2D eigenvalue weighted by atomic mass is 10.1. The number of hydrogen-bond donors (Lipinski definition) is 2. The van der Waals surface area contributed by atoms with E-state index in [1.165, 1.54) is 18.7 Å². The molecule has 2 N–H and O–H groups in total. The van der Waals surface area contributed by atoms with Crippen molar-refractivity contribution in [3.8, 4) is 0 Å². The maximum Gasteiger partial charge on any atom is 0.254 e. The summed E-state index contributed by atoms with van der Waals surface area (Å²) in [5, 5.41) is 13.4. The zero-order valence-electron chi connectivity index (χ0n) is 11.8. The highest BCUT2D eigenvalue weighted by molar-refractivity contribution is 5.93. The van der Waals surface area contributed by atoms with Gasteiger partial charge in [0.1, 0.15) is 6.33 Å². The average molecular weight is 292 g/mol. The quantitative estimate of drug-likeness (QED) is 0.776. The molecule has 0 aromatic carbocycles. The third-order valence-electron chi connectivity index (χ3n) is 4.23. The Labute approximate surface area is 123 Å². The summed E-state index contributed by atoms with van der Waals surface area (Å²) in [5.74, 6) is -0.234. The van der Waals surface area contributed by atoms with E-state index in [1.54, 1.807) is 0 Å². The van der Waals surface area contributed by atoms with Crippen LogP contribution in [0.3, 0.4) is 0 Å². The number of aliphatic hydroxyl groups is 1. The molecule has 2 fully saturated rings. The maximum absolute atomic E-state index is 12.1. The van der Waals surface area contributed by atoms with Crippen molar-refractivity contribution in [2.75, 3.05) is 26.3 Å². The summed E-state index contributed by atoms with van der Waals surface area (Å²) in [7, 11) is 0. The Hall–Kier alpha value is -1.57. The molecule has 1 amide bonds. The van der Waals surface area contributed by atoms with E-state index >= 15 is 0 Å². The first-order valence-electron chi connectivity index (χ1n) is 7.31. The lowest BCUT2D eigenvalue weighted by Crippen LogP contribution is -2.51. The van der Waals surface area contributed by atoms with Crippen LogP contribution in [-0.4, -0.2) is 70.4 Å². The molecule has 7 heteroatoms. The van der Waals surface area contributed by atoms with Gasteiger partial charge >= 0.3 is 0 Å². The van der Waals surface area contributed by atoms with Crippen LogP contribution < -0.4 is 5.32 Å². The number of nitrogens with zero attached hydrogens (tertiary/aromatic N) is 3. The summed E-state index contributed by atoms with van der Waals surface area (Å²) in [6.07, 6.45) is 5.46. The van der Waals surface area contributed by atoms with E-state index in [2.05, 4.69) is 20.2 Å². The third-order valence-corrected chi connectivity index (χ3v) is 4.23. The van der Waals surface area contributed by atoms with E-state index < -0.39 is 6.10 Å². The minimum absolute atomic E-state index is 0.103. The number of morpholine rings is 1. The van der Waals surface area contributed by atoms with Gasteiger partial charge < -0.3 is 15.2 Å². The first-order valence-corrected chi connectivity index (χ1v) is 7.31. The van der Waals surface area contributed by atoms with Gasteiger partial charge in [-0.05, 0) is 12.8 Å². The molecule has 2 aliphatic rings. The molecule has 0 radical (unpaired) electrons. The molecule has 3 rings (SSSR count). The first-order chi connectivity index (χ1) is 10.3. The first kappa shape index (κ1) is 14.4. The normalized spacial score (nSPS) is 30.2. The monoisotopic (exact) mass is 292 g/mol. The zero-order chi connectivity index (χ0) is 14.7. The molecule has 1 saturated heterocycles. The van der Waals surface area contributed by atoms with E-state index in [-0.39, 0.29) is 18.0 Å². The zero-order valence-corrected chi connectivity index (χ0v) is 11.8. The predicted octanol–water partition coefficient (Wildman–Crippen LogP) is -0.569. The molecule has 0 spiro atoms. The Balaban J connectivity index is 1.58. The van der Waals surface area contributed by atoms with Gasteiger partial charge in [0.25, 0.3) is 5.91 Å². The second kappa shape index (κ2) is 6.46. The summed E-state index contributed by atoms with van der Waals surface area (Å²) in [6, 6.07) is -0.114. The standard InChI is InChI=1S/C14H20N4O3/c19-13-11(17-14(20)10-7-15-9-16-8-10)1-2-12(13)18-3-5-21-6-4-18/h7-9,11-13,19H,1-6H2,(H,17,20)/t11-,12-,13-/m1/s1.